The highest BCUT2D eigenvalue weighted by Gasteiger charge is 2.24. The summed E-state index contributed by atoms with van der Waals surface area (Å²) in [7, 11) is 0. The SMILES string of the molecule is CCn1ncc(Br)c1C(NN)c1sc(C)nc1C. The zero-order valence-electron chi connectivity index (χ0n) is 10.6. The second-order valence-electron chi connectivity index (χ2n) is 3.98. The number of nitrogens with two attached hydrogens (primary N) is 1. The molecule has 2 aromatic heterocycles. The Morgan fingerprint density at radius 2 is 2.28 bits per heavy atom. The number of hydrogen-bond donors (Lipinski definition) is 2. The first kappa shape index (κ1) is 13.7. The van der Waals surface area contributed by atoms with Crippen LogP contribution in [0.4, 0.5) is 0 Å². The summed E-state index contributed by atoms with van der Waals surface area (Å²) in [5.74, 6) is 5.73. The minimum atomic E-state index is -0.0898. The van der Waals surface area contributed by atoms with Gasteiger partial charge in [-0.2, -0.15) is 5.10 Å². The van der Waals surface area contributed by atoms with Gasteiger partial charge in [-0.25, -0.2) is 10.4 Å². The fourth-order valence-electron chi connectivity index (χ4n) is 2.00. The molecule has 0 fully saturated rings. The van der Waals surface area contributed by atoms with Gasteiger partial charge in [0.2, 0.25) is 0 Å². The highest BCUT2D eigenvalue weighted by Crippen LogP contribution is 2.33. The molecule has 3 N–H and O–H groups in total. The van der Waals surface area contributed by atoms with E-state index in [9.17, 15) is 0 Å². The van der Waals surface area contributed by atoms with E-state index in [-0.39, 0.29) is 6.04 Å². The number of hydrogen-bond acceptors (Lipinski definition) is 5. The van der Waals surface area contributed by atoms with Crippen LogP contribution < -0.4 is 11.3 Å². The molecule has 2 aromatic rings. The normalized spacial score (nSPS) is 12.9. The number of aryl methyl sites for hydroxylation is 3. The van der Waals surface area contributed by atoms with Crippen LogP contribution >= 0.6 is 27.3 Å². The molecule has 98 valence electrons. The minimum absolute atomic E-state index is 0.0898. The largest absolute Gasteiger partial charge is 0.270 e. The molecule has 0 aromatic carbocycles. The Morgan fingerprint density at radius 3 is 2.78 bits per heavy atom. The monoisotopic (exact) mass is 329 g/mol. The lowest BCUT2D eigenvalue weighted by Crippen LogP contribution is -2.30. The number of nitrogens with zero attached hydrogens (tertiary/aromatic N) is 3. The molecule has 18 heavy (non-hydrogen) atoms. The van der Waals surface area contributed by atoms with Gasteiger partial charge in [0, 0.05) is 6.54 Å². The van der Waals surface area contributed by atoms with Crippen LogP contribution in [0, 0.1) is 13.8 Å². The molecule has 0 bridgehead atoms. The quantitative estimate of drug-likeness (QED) is 0.667. The molecule has 5 nitrogen and oxygen atoms in total. The summed E-state index contributed by atoms with van der Waals surface area (Å²) in [5, 5.41) is 5.37. The van der Waals surface area contributed by atoms with Crippen LogP contribution in [0.1, 0.15) is 34.2 Å². The standard InChI is InChI=1S/C11H16BrN5S/c1-4-17-10(8(12)5-14-17)9(16-13)11-6(2)15-7(3)18-11/h5,9,16H,4,13H2,1-3H3. The fraction of sp³-hybridized carbons (Fsp3) is 0.455. The molecule has 0 radical (unpaired) electrons. The molecule has 2 rings (SSSR count). The zero-order chi connectivity index (χ0) is 13.3. The van der Waals surface area contributed by atoms with E-state index in [2.05, 4.69) is 38.4 Å². The van der Waals surface area contributed by atoms with Crippen LogP contribution in [0.3, 0.4) is 0 Å². The second kappa shape index (κ2) is 5.48. The van der Waals surface area contributed by atoms with Crippen molar-refractivity contribution in [1.29, 1.82) is 0 Å². The van der Waals surface area contributed by atoms with E-state index < -0.39 is 0 Å². The van der Waals surface area contributed by atoms with Crippen molar-refractivity contribution in [1.82, 2.24) is 20.2 Å². The first-order valence-electron chi connectivity index (χ1n) is 5.69. The molecule has 1 unspecified atom stereocenters. The average Bonchev–Trinajstić information content (AvgIpc) is 2.85. The number of thiazole rings is 1. The van der Waals surface area contributed by atoms with Crippen molar-refractivity contribution < 1.29 is 0 Å². The maximum Gasteiger partial charge on any atom is 0.1000 e. The van der Waals surface area contributed by atoms with Crippen LogP contribution in [0.25, 0.3) is 0 Å². The number of nitrogens with one attached hydrogen (secondary N) is 1. The van der Waals surface area contributed by atoms with Crippen LogP contribution in [0.5, 0.6) is 0 Å². The molecular formula is C11H16BrN5S. The number of rotatable bonds is 4. The van der Waals surface area contributed by atoms with Gasteiger partial charge in [-0.15, -0.1) is 11.3 Å². The Bertz CT molecular complexity index is 548. The van der Waals surface area contributed by atoms with E-state index in [1.54, 1.807) is 17.5 Å². The van der Waals surface area contributed by atoms with E-state index in [1.165, 1.54) is 0 Å². The highest BCUT2D eigenvalue weighted by molar-refractivity contribution is 9.10. The maximum absolute atomic E-state index is 5.73. The summed E-state index contributed by atoms with van der Waals surface area (Å²) in [6.07, 6.45) is 1.80. The Labute approximate surface area is 119 Å². The van der Waals surface area contributed by atoms with Crippen molar-refractivity contribution in [2.45, 2.75) is 33.4 Å². The van der Waals surface area contributed by atoms with Crippen molar-refractivity contribution in [3.8, 4) is 0 Å². The summed E-state index contributed by atoms with van der Waals surface area (Å²) in [6, 6.07) is -0.0898. The van der Waals surface area contributed by atoms with Crippen molar-refractivity contribution >= 4 is 27.3 Å². The highest BCUT2D eigenvalue weighted by atomic mass is 79.9. The van der Waals surface area contributed by atoms with E-state index in [4.69, 9.17) is 5.84 Å². The molecule has 0 spiro atoms. The van der Waals surface area contributed by atoms with Gasteiger partial charge in [0.05, 0.1) is 38.0 Å². The third-order valence-corrected chi connectivity index (χ3v) is 4.52. The molecule has 0 amide bonds. The van der Waals surface area contributed by atoms with Gasteiger partial charge in [-0.1, -0.05) is 0 Å². The topological polar surface area (TPSA) is 68.8 Å². The van der Waals surface area contributed by atoms with E-state index in [0.717, 1.165) is 32.3 Å². The smallest absolute Gasteiger partial charge is 0.1000 e. The molecule has 1 atom stereocenters. The van der Waals surface area contributed by atoms with Gasteiger partial charge in [-0.3, -0.25) is 10.5 Å². The predicted octanol–water partition coefficient (Wildman–Crippen LogP) is 2.29. The number of halogens is 1. The third kappa shape index (κ3) is 2.35. The zero-order valence-corrected chi connectivity index (χ0v) is 13.0. The van der Waals surface area contributed by atoms with Crippen LogP contribution in [0.15, 0.2) is 10.7 Å². The average molecular weight is 330 g/mol. The summed E-state index contributed by atoms with van der Waals surface area (Å²) < 4.78 is 2.89. The first-order chi connectivity index (χ1) is 8.58. The molecule has 0 saturated carbocycles. The van der Waals surface area contributed by atoms with E-state index in [1.807, 2.05) is 18.5 Å². The Balaban J connectivity index is 2.51. The second-order valence-corrected chi connectivity index (χ2v) is 6.06. The predicted molar refractivity (Wildman–Crippen MR) is 76.4 cm³/mol. The fourth-order valence-corrected chi connectivity index (χ4v) is 3.52. The number of hydrazine groups is 1. The first-order valence-corrected chi connectivity index (χ1v) is 7.30. The molecule has 0 aliphatic heterocycles. The van der Waals surface area contributed by atoms with Gasteiger partial charge in [0.25, 0.3) is 0 Å². The lowest BCUT2D eigenvalue weighted by atomic mass is 10.1. The lowest BCUT2D eigenvalue weighted by molar-refractivity contribution is 0.545. The van der Waals surface area contributed by atoms with Gasteiger partial charge in [-0.05, 0) is 36.7 Å². The Kier molecular flexibility index (Phi) is 4.16. The molecule has 0 saturated heterocycles. The maximum atomic E-state index is 5.73. The van der Waals surface area contributed by atoms with E-state index >= 15 is 0 Å². The van der Waals surface area contributed by atoms with Crippen molar-refractivity contribution in [2.24, 2.45) is 5.84 Å². The van der Waals surface area contributed by atoms with Crippen molar-refractivity contribution in [2.75, 3.05) is 0 Å². The van der Waals surface area contributed by atoms with Crippen LogP contribution in [0.2, 0.25) is 0 Å². The number of aromatic nitrogens is 3. The minimum Gasteiger partial charge on any atom is -0.270 e. The van der Waals surface area contributed by atoms with Gasteiger partial charge in [0.15, 0.2) is 0 Å². The molecule has 2 heterocycles. The van der Waals surface area contributed by atoms with Gasteiger partial charge < -0.3 is 0 Å². The Hall–Kier alpha value is -0.760. The van der Waals surface area contributed by atoms with Crippen molar-refractivity contribution in [3.63, 3.8) is 0 Å². The lowest BCUT2D eigenvalue weighted by Gasteiger charge is -2.17. The van der Waals surface area contributed by atoms with Crippen LogP contribution in [-0.2, 0) is 6.54 Å². The van der Waals surface area contributed by atoms with Crippen molar-refractivity contribution in [3.05, 3.63) is 31.9 Å². The summed E-state index contributed by atoms with van der Waals surface area (Å²) in [4.78, 5) is 5.58. The van der Waals surface area contributed by atoms with E-state index in [0.29, 0.717) is 0 Å². The summed E-state index contributed by atoms with van der Waals surface area (Å²) >= 11 is 5.19. The van der Waals surface area contributed by atoms with Crippen LogP contribution in [-0.4, -0.2) is 14.8 Å². The third-order valence-electron chi connectivity index (χ3n) is 2.77. The van der Waals surface area contributed by atoms with Gasteiger partial charge >= 0.3 is 0 Å². The molecule has 7 heteroatoms. The Morgan fingerprint density at radius 1 is 1.56 bits per heavy atom. The molecule has 0 aliphatic rings. The van der Waals surface area contributed by atoms with Gasteiger partial charge in [0.1, 0.15) is 0 Å². The molecule has 0 aliphatic carbocycles. The summed E-state index contributed by atoms with van der Waals surface area (Å²) in [6.45, 7) is 6.86. The molecular weight excluding hydrogens is 314 g/mol. The summed E-state index contributed by atoms with van der Waals surface area (Å²) in [5.41, 5.74) is 4.91.